The van der Waals surface area contributed by atoms with E-state index >= 15 is 4.39 Å². The quantitative estimate of drug-likeness (QED) is 0.338. The monoisotopic (exact) mass is 589 g/mol. The Labute approximate surface area is 246 Å². The van der Waals surface area contributed by atoms with Gasteiger partial charge in [0.15, 0.2) is 5.82 Å². The lowest BCUT2D eigenvalue weighted by Crippen LogP contribution is -2.44. The molecular formula is C32H30F3N5O3. The molecule has 11 heteroatoms. The fraction of sp³-hybridized carbons (Fsp3) is 0.406. The third-order valence-electron chi connectivity index (χ3n) is 9.12. The summed E-state index contributed by atoms with van der Waals surface area (Å²) in [6.07, 6.45) is 6.00. The number of hydrogen-bond donors (Lipinski definition) is 1. The molecule has 5 heterocycles. The summed E-state index contributed by atoms with van der Waals surface area (Å²) < 4.78 is 58.1. The van der Waals surface area contributed by atoms with Gasteiger partial charge in [-0.1, -0.05) is 30.2 Å². The summed E-state index contributed by atoms with van der Waals surface area (Å²) in [6, 6.07) is 7.31. The Kier molecular flexibility index (Phi) is 6.59. The van der Waals surface area contributed by atoms with Gasteiger partial charge in [-0.25, -0.2) is 18.2 Å². The number of hydrogen-bond acceptors (Lipinski definition) is 8. The number of anilines is 1. The Morgan fingerprint density at radius 1 is 1.21 bits per heavy atom. The highest BCUT2D eigenvalue weighted by Gasteiger charge is 2.49. The van der Waals surface area contributed by atoms with Gasteiger partial charge in [0.05, 0.1) is 23.2 Å². The summed E-state index contributed by atoms with van der Waals surface area (Å²) in [7, 11) is 1.72. The van der Waals surface area contributed by atoms with Crippen molar-refractivity contribution in [2.75, 3.05) is 38.3 Å². The number of pyridine rings is 1. The Balaban J connectivity index is 1.42. The predicted molar refractivity (Wildman–Crippen MR) is 156 cm³/mol. The van der Waals surface area contributed by atoms with Gasteiger partial charge in [0, 0.05) is 31.0 Å². The molecule has 0 radical (unpaired) electrons. The van der Waals surface area contributed by atoms with Crippen molar-refractivity contribution in [1.29, 1.82) is 0 Å². The number of ether oxygens (including phenoxy) is 2. The topological polar surface area (TPSA) is 83.8 Å². The van der Waals surface area contributed by atoms with E-state index in [1.54, 1.807) is 43.1 Å². The summed E-state index contributed by atoms with van der Waals surface area (Å²) in [5.41, 5.74) is -0.429. The molecule has 4 atom stereocenters. The zero-order valence-corrected chi connectivity index (χ0v) is 23.8. The van der Waals surface area contributed by atoms with Crippen molar-refractivity contribution in [3.63, 3.8) is 0 Å². The predicted octanol–water partition coefficient (Wildman–Crippen LogP) is 4.64. The second-order valence-corrected chi connectivity index (χ2v) is 11.7. The Morgan fingerprint density at radius 3 is 2.84 bits per heavy atom. The molecule has 0 spiro atoms. The molecule has 0 bridgehead atoms. The molecule has 3 aliphatic rings. The molecule has 1 unspecified atom stereocenters. The number of aromatic nitrogens is 3. The van der Waals surface area contributed by atoms with Crippen molar-refractivity contribution >= 4 is 27.5 Å². The fourth-order valence-electron chi connectivity index (χ4n) is 6.94. The fourth-order valence-corrected chi connectivity index (χ4v) is 6.94. The van der Waals surface area contributed by atoms with E-state index in [9.17, 15) is 13.9 Å². The molecule has 3 aliphatic heterocycles. The lowest BCUT2D eigenvalue weighted by molar-refractivity contribution is 0.107. The number of fused-ring (bicyclic) bond motifs is 2. The molecule has 2 saturated heterocycles. The van der Waals surface area contributed by atoms with Crippen molar-refractivity contribution in [2.24, 2.45) is 0 Å². The molecule has 2 fully saturated rings. The van der Waals surface area contributed by atoms with Crippen LogP contribution in [0.3, 0.4) is 0 Å². The zero-order valence-electron chi connectivity index (χ0n) is 23.8. The van der Waals surface area contributed by atoms with Gasteiger partial charge in [0.25, 0.3) is 0 Å². The average molecular weight is 590 g/mol. The number of terminal acetylenes is 1. The summed E-state index contributed by atoms with van der Waals surface area (Å²) in [4.78, 5) is 17.5. The van der Waals surface area contributed by atoms with Crippen LogP contribution in [0.15, 0.2) is 30.3 Å². The van der Waals surface area contributed by atoms with E-state index in [1.165, 1.54) is 6.07 Å². The number of aliphatic hydroxyl groups is 1. The van der Waals surface area contributed by atoms with Gasteiger partial charge in [0.2, 0.25) is 5.88 Å². The Hall–Kier alpha value is -4.14. The lowest BCUT2D eigenvalue weighted by atomic mass is 9.95. The molecule has 1 N–H and O–H groups in total. The number of likely N-dealkylation sites (N-methyl/N-ethyl adjacent to an activating group) is 1. The first-order valence-corrected chi connectivity index (χ1v) is 14.4. The van der Waals surface area contributed by atoms with Crippen LogP contribution >= 0.6 is 0 Å². The maximum atomic E-state index is 16.7. The smallest absolute Gasteiger partial charge is 0.319 e. The average Bonchev–Trinajstić information content (AvgIpc) is 3.47. The van der Waals surface area contributed by atoms with Crippen LogP contribution < -0.4 is 14.4 Å². The third-order valence-corrected chi connectivity index (χ3v) is 9.12. The number of benzene rings is 2. The van der Waals surface area contributed by atoms with Gasteiger partial charge in [-0.15, -0.1) is 6.42 Å². The SMILES string of the molecule is C#Cc1c(F)ccc2cccc(-c3nc4c5c(nc(OC[C@@]67CCCN6C[C@H](F)C7)nc5c3F)N(C)[C@@H](C(C)O)CO4)c12. The number of nitrogens with zero attached hydrogens (tertiary/aromatic N) is 5. The van der Waals surface area contributed by atoms with E-state index in [0.717, 1.165) is 19.4 Å². The van der Waals surface area contributed by atoms with E-state index in [1.807, 2.05) is 0 Å². The van der Waals surface area contributed by atoms with E-state index in [-0.39, 0.29) is 58.6 Å². The van der Waals surface area contributed by atoms with E-state index in [2.05, 4.69) is 25.8 Å². The highest BCUT2D eigenvalue weighted by molar-refractivity contribution is 6.03. The Morgan fingerprint density at radius 2 is 2.05 bits per heavy atom. The highest BCUT2D eigenvalue weighted by atomic mass is 19.1. The van der Waals surface area contributed by atoms with Crippen LogP contribution in [-0.2, 0) is 0 Å². The van der Waals surface area contributed by atoms with Crippen molar-refractivity contribution in [1.82, 2.24) is 19.9 Å². The summed E-state index contributed by atoms with van der Waals surface area (Å²) in [5, 5.41) is 11.7. The highest BCUT2D eigenvalue weighted by Crippen LogP contribution is 2.43. The molecular weight excluding hydrogens is 559 g/mol. The molecule has 0 amide bonds. The van der Waals surface area contributed by atoms with Crippen molar-refractivity contribution in [2.45, 2.75) is 50.0 Å². The first-order chi connectivity index (χ1) is 20.7. The van der Waals surface area contributed by atoms with E-state index in [0.29, 0.717) is 23.7 Å². The van der Waals surface area contributed by atoms with Crippen LogP contribution in [0.2, 0.25) is 0 Å². The van der Waals surface area contributed by atoms with E-state index in [4.69, 9.17) is 15.9 Å². The minimum atomic E-state index is -0.937. The van der Waals surface area contributed by atoms with Gasteiger partial charge < -0.3 is 19.5 Å². The summed E-state index contributed by atoms with van der Waals surface area (Å²) >= 11 is 0. The van der Waals surface area contributed by atoms with Crippen molar-refractivity contribution < 1.29 is 27.8 Å². The first kappa shape index (κ1) is 27.7. The number of alkyl halides is 1. The molecule has 43 heavy (non-hydrogen) atoms. The van der Waals surface area contributed by atoms with Gasteiger partial charge in [0.1, 0.15) is 47.6 Å². The molecule has 8 nitrogen and oxygen atoms in total. The largest absolute Gasteiger partial charge is 0.475 e. The van der Waals surface area contributed by atoms with Crippen LogP contribution in [0.1, 0.15) is 31.7 Å². The zero-order chi connectivity index (χ0) is 30.0. The van der Waals surface area contributed by atoms with Gasteiger partial charge in [-0.05, 0) is 37.8 Å². The van der Waals surface area contributed by atoms with Crippen LogP contribution in [0.5, 0.6) is 11.9 Å². The number of aliphatic hydroxyl groups excluding tert-OH is 1. The first-order valence-electron chi connectivity index (χ1n) is 14.4. The number of rotatable bonds is 5. The van der Waals surface area contributed by atoms with E-state index < -0.39 is 35.5 Å². The van der Waals surface area contributed by atoms with Crippen molar-refractivity contribution in [3.05, 3.63) is 47.5 Å². The maximum absolute atomic E-state index is 16.7. The van der Waals surface area contributed by atoms with Crippen LogP contribution in [0.25, 0.3) is 32.9 Å². The van der Waals surface area contributed by atoms with Crippen molar-refractivity contribution in [3.8, 4) is 35.5 Å². The molecule has 0 aliphatic carbocycles. The lowest BCUT2D eigenvalue weighted by Gasteiger charge is -2.31. The molecule has 4 aromatic rings. The minimum absolute atomic E-state index is 0.00871. The second-order valence-electron chi connectivity index (χ2n) is 11.7. The minimum Gasteiger partial charge on any atom is -0.475 e. The second kappa shape index (κ2) is 10.2. The van der Waals surface area contributed by atoms with Gasteiger partial charge >= 0.3 is 6.01 Å². The maximum Gasteiger partial charge on any atom is 0.319 e. The third kappa shape index (κ3) is 4.34. The van der Waals surface area contributed by atoms with Crippen LogP contribution in [0, 0.1) is 24.0 Å². The normalized spacial score (nSPS) is 24.1. The van der Waals surface area contributed by atoms with Gasteiger partial charge in [-0.3, -0.25) is 4.90 Å². The molecule has 2 aromatic heterocycles. The molecule has 2 aromatic carbocycles. The number of halogens is 3. The van der Waals surface area contributed by atoms with Gasteiger partial charge in [-0.2, -0.15) is 9.97 Å². The molecule has 0 saturated carbocycles. The summed E-state index contributed by atoms with van der Waals surface area (Å²) in [6.45, 7) is 2.97. The van der Waals surface area contributed by atoms with Crippen LogP contribution in [0.4, 0.5) is 19.0 Å². The summed E-state index contributed by atoms with van der Waals surface area (Å²) in [5.74, 6) is 1.34. The standard InChI is InChI=1S/C32H30F3N5O3/c1-4-20-22(34)10-9-18-7-5-8-21(24(18)20)27-26(35)28-25-29(39(3)23(17(2)41)15-42-30(25)36-27)38-31(37-28)43-16-32-11-6-12-40(32)14-19(33)13-32/h1,5,7-10,17,19,23,41H,6,11-16H2,2-3H3/t17?,19-,23-,32+/m1/s1. The Bertz CT molecular complexity index is 1810. The molecule has 7 rings (SSSR count). The van der Waals surface area contributed by atoms with Crippen LogP contribution in [-0.4, -0.2) is 82.2 Å². The molecule has 222 valence electrons.